The Bertz CT molecular complexity index is 508. The van der Waals surface area contributed by atoms with Gasteiger partial charge in [0.1, 0.15) is 0 Å². The van der Waals surface area contributed by atoms with Crippen molar-refractivity contribution in [2.75, 3.05) is 25.5 Å². The van der Waals surface area contributed by atoms with Gasteiger partial charge >= 0.3 is 5.97 Å². The van der Waals surface area contributed by atoms with Gasteiger partial charge in [-0.1, -0.05) is 30.1 Å². The second-order valence-electron chi connectivity index (χ2n) is 4.61. The average molecular weight is 319 g/mol. The van der Waals surface area contributed by atoms with Gasteiger partial charge in [0.05, 0.1) is 23.2 Å². The minimum atomic E-state index is -0.893. The van der Waals surface area contributed by atoms with Crippen molar-refractivity contribution in [2.24, 2.45) is 5.92 Å². The van der Waals surface area contributed by atoms with E-state index < -0.39 is 11.9 Å². The van der Waals surface area contributed by atoms with Crippen LogP contribution >= 0.6 is 23.2 Å². The van der Waals surface area contributed by atoms with Crippen LogP contribution in [0.25, 0.3) is 0 Å². The van der Waals surface area contributed by atoms with Gasteiger partial charge < -0.3 is 10.4 Å². The standard InChI is InChI=1S/C13H16Cl2N2O3/c1-8(13(19)20)6-17(2)7-12(18)16-11-5-9(14)3-4-10(11)15/h3-5,8H,6-7H2,1-2H3,(H,16,18)(H,19,20). The number of carboxylic acids is 1. The first-order valence-corrected chi connectivity index (χ1v) is 6.71. The molecule has 1 amide bonds. The second-order valence-corrected chi connectivity index (χ2v) is 5.45. The van der Waals surface area contributed by atoms with E-state index in [0.29, 0.717) is 15.7 Å². The highest BCUT2D eigenvalue weighted by Crippen LogP contribution is 2.25. The molecule has 0 aliphatic heterocycles. The second kappa shape index (κ2) is 7.47. The summed E-state index contributed by atoms with van der Waals surface area (Å²) in [7, 11) is 1.68. The lowest BCUT2D eigenvalue weighted by atomic mass is 10.2. The summed E-state index contributed by atoms with van der Waals surface area (Å²) < 4.78 is 0. The summed E-state index contributed by atoms with van der Waals surface area (Å²) in [6.45, 7) is 1.94. The van der Waals surface area contributed by atoms with Gasteiger partial charge in [-0.25, -0.2) is 0 Å². The summed E-state index contributed by atoms with van der Waals surface area (Å²) in [5.74, 6) is -1.72. The molecule has 0 saturated heterocycles. The van der Waals surface area contributed by atoms with Crippen molar-refractivity contribution in [3.8, 4) is 0 Å². The molecule has 20 heavy (non-hydrogen) atoms. The van der Waals surface area contributed by atoms with Crippen LogP contribution in [0.5, 0.6) is 0 Å². The Morgan fingerprint density at radius 2 is 2.05 bits per heavy atom. The van der Waals surface area contributed by atoms with Gasteiger partial charge in [-0.2, -0.15) is 0 Å². The maximum atomic E-state index is 11.8. The molecule has 0 heterocycles. The van der Waals surface area contributed by atoms with Crippen molar-refractivity contribution < 1.29 is 14.7 Å². The van der Waals surface area contributed by atoms with Gasteiger partial charge in [0.25, 0.3) is 0 Å². The van der Waals surface area contributed by atoms with Crippen molar-refractivity contribution in [1.82, 2.24) is 4.90 Å². The molecule has 110 valence electrons. The molecule has 7 heteroatoms. The topological polar surface area (TPSA) is 69.6 Å². The number of aliphatic carboxylic acids is 1. The average Bonchev–Trinajstić information content (AvgIpc) is 2.33. The molecule has 0 fully saturated rings. The molecular formula is C13H16Cl2N2O3. The van der Waals surface area contributed by atoms with Crippen LogP contribution in [0.2, 0.25) is 10.0 Å². The minimum Gasteiger partial charge on any atom is -0.481 e. The highest BCUT2D eigenvalue weighted by Gasteiger charge is 2.16. The molecule has 1 rings (SSSR count). The van der Waals surface area contributed by atoms with E-state index in [1.54, 1.807) is 37.1 Å². The first-order valence-electron chi connectivity index (χ1n) is 5.96. The Morgan fingerprint density at radius 1 is 1.40 bits per heavy atom. The smallest absolute Gasteiger partial charge is 0.307 e. The Kier molecular flexibility index (Phi) is 6.26. The molecule has 2 N–H and O–H groups in total. The van der Waals surface area contributed by atoms with E-state index in [4.69, 9.17) is 28.3 Å². The molecule has 0 radical (unpaired) electrons. The Labute approximate surface area is 127 Å². The third kappa shape index (κ3) is 5.36. The third-order valence-electron chi connectivity index (χ3n) is 2.62. The molecule has 1 unspecified atom stereocenters. The first kappa shape index (κ1) is 16.8. The highest BCUT2D eigenvalue weighted by molar-refractivity contribution is 6.35. The van der Waals surface area contributed by atoms with E-state index in [1.807, 2.05) is 0 Å². The lowest BCUT2D eigenvalue weighted by Gasteiger charge is -2.18. The van der Waals surface area contributed by atoms with Crippen LogP contribution < -0.4 is 5.32 Å². The van der Waals surface area contributed by atoms with Crippen LogP contribution in [0.1, 0.15) is 6.92 Å². The van der Waals surface area contributed by atoms with E-state index in [1.165, 1.54) is 0 Å². The van der Waals surface area contributed by atoms with Crippen LogP contribution in [0.15, 0.2) is 18.2 Å². The van der Waals surface area contributed by atoms with E-state index >= 15 is 0 Å². The quantitative estimate of drug-likeness (QED) is 0.845. The number of rotatable bonds is 6. The minimum absolute atomic E-state index is 0.0699. The molecule has 0 saturated carbocycles. The lowest BCUT2D eigenvalue weighted by Crippen LogP contribution is -2.35. The van der Waals surface area contributed by atoms with Crippen LogP contribution in [-0.2, 0) is 9.59 Å². The Hall–Kier alpha value is -1.30. The Morgan fingerprint density at radius 3 is 2.65 bits per heavy atom. The van der Waals surface area contributed by atoms with Gasteiger partial charge in [-0.05, 0) is 25.2 Å². The van der Waals surface area contributed by atoms with Crippen molar-refractivity contribution >= 4 is 40.8 Å². The Balaban J connectivity index is 2.55. The predicted octanol–water partition coefficient (Wildman–Crippen LogP) is 2.58. The number of carbonyl (C=O) groups excluding carboxylic acids is 1. The number of hydrogen-bond donors (Lipinski definition) is 2. The van der Waals surface area contributed by atoms with Gasteiger partial charge in [0, 0.05) is 11.6 Å². The summed E-state index contributed by atoms with van der Waals surface area (Å²) in [6, 6.07) is 4.78. The van der Waals surface area contributed by atoms with Crippen molar-refractivity contribution in [3.05, 3.63) is 28.2 Å². The van der Waals surface area contributed by atoms with Crippen LogP contribution in [-0.4, -0.2) is 42.0 Å². The molecule has 0 spiro atoms. The van der Waals surface area contributed by atoms with E-state index in [9.17, 15) is 9.59 Å². The molecule has 5 nitrogen and oxygen atoms in total. The lowest BCUT2D eigenvalue weighted by molar-refractivity contribution is -0.141. The number of halogens is 2. The number of benzene rings is 1. The number of carbonyl (C=O) groups is 2. The molecule has 0 bridgehead atoms. The normalized spacial score (nSPS) is 12.2. The molecular weight excluding hydrogens is 303 g/mol. The number of nitrogens with one attached hydrogen (secondary N) is 1. The van der Waals surface area contributed by atoms with E-state index in [0.717, 1.165) is 0 Å². The summed E-state index contributed by atoms with van der Waals surface area (Å²) >= 11 is 11.8. The third-order valence-corrected chi connectivity index (χ3v) is 3.19. The summed E-state index contributed by atoms with van der Waals surface area (Å²) in [5.41, 5.74) is 0.434. The monoisotopic (exact) mass is 318 g/mol. The fourth-order valence-corrected chi connectivity index (χ4v) is 1.98. The molecule has 1 atom stereocenters. The molecule has 0 aliphatic rings. The van der Waals surface area contributed by atoms with Crippen LogP contribution in [0, 0.1) is 5.92 Å². The molecule has 0 aliphatic carbocycles. The van der Waals surface area contributed by atoms with Crippen molar-refractivity contribution in [3.63, 3.8) is 0 Å². The SMILES string of the molecule is CC(CN(C)CC(=O)Nc1cc(Cl)ccc1Cl)C(=O)O. The van der Waals surface area contributed by atoms with Crippen molar-refractivity contribution in [1.29, 1.82) is 0 Å². The number of likely N-dealkylation sites (N-methyl/N-ethyl adjacent to an activating group) is 1. The summed E-state index contributed by atoms with van der Waals surface area (Å²) in [5, 5.41) is 12.3. The van der Waals surface area contributed by atoms with E-state index in [-0.39, 0.29) is 19.0 Å². The number of anilines is 1. The maximum Gasteiger partial charge on any atom is 0.307 e. The first-order chi connectivity index (χ1) is 9.29. The largest absolute Gasteiger partial charge is 0.481 e. The van der Waals surface area contributed by atoms with Gasteiger partial charge in [-0.3, -0.25) is 14.5 Å². The molecule has 0 aromatic heterocycles. The molecule has 1 aromatic rings. The zero-order valence-corrected chi connectivity index (χ0v) is 12.7. The fourth-order valence-electron chi connectivity index (χ4n) is 1.64. The number of amides is 1. The summed E-state index contributed by atoms with van der Waals surface area (Å²) in [4.78, 5) is 24.2. The predicted molar refractivity (Wildman–Crippen MR) is 79.4 cm³/mol. The maximum absolute atomic E-state index is 11.8. The zero-order chi connectivity index (χ0) is 15.3. The number of hydrogen-bond acceptors (Lipinski definition) is 3. The highest BCUT2D eigenvalue weighted by atomic mass is 35.5. The summed E-state index contributed by atoms with van der Waals surface area (Å²) in [6.07, 6.45) is 0. The van der Waals surface area contributed by atoms with Crippen molar-refractivity contribution in [2.45, 2.75) is 6.92 Å². The van der Waals surface area contributed by atoms with Crippen LogP contribution in [0.3, 0.4) is 0 Å². The number of nitrogens with zero attached hydrogens (tertiary/aromatic N) is 1. The zero-order valence-electron chi connectivity index (χ0n) is 11.2. The van der Waals surface area contributed by atoms with Gasteiger partial charge in [0.2, 0.25) is 5.91 Å². The molecule has 1 aromatic carbocycles. The fraction of sp³-hybridized carbons (Fsp3) is 0.385. The van der Waals surface area contributed by atoms with Crippen LogP contribution in [0.4, 0.5) is 5.69 Å². The van der Waals surface area contributed by atoms with Gasteiger partial charge in [-0.15, -0.1) is 0 Å². The number of carboxylic acid groups (broad SMARTS) is 1. The van der Waals surface area contributed by atoms with E-state index in [2.05, 4.69) is 5.32 Å². The van der Waals surface area contributed by atoms with Gasteiger partial charge in [0.15, 0.2) is 0 Å².